The lowest BCUT2D eigenvalue weighted by Gasteiger charge is -2.35. The van der Waals surface area contributed by atoms with E-state index in [0.717, 1.165) is 18.6 Å². The molecule has 176 valence electrons. The van der Waals surface area contributed by atoms with Crippen molar-refractivity contribution in [2.75, 3.05) is 24.6 Å². The van der Waals surface area contributed by atoms with Gasteiger partial charge in [0.05, 0.1) is 17.4 Å². The van der Waals surface area contributed by atoms with Gasteiger partial charge in [0.2, 0.25) is 0 Å². The van der Waals surface area contributed by atoms with E-state index in [4.69, 9.17) is 4.74 Å². The molecule has 0 bridgehead atoms. The third kappa shape index (κ3) is 3.09. The maximum Gasteiger partial charge on any atom is 0.296 e. The van der Waals surface area contributed by atoms with Crippen LogP contribution in [0, 0.1) is 5.82 Å². The maximum absolute atomic E-state index is 14.2. The Balaban J connectivity index is 1.79. The van der Waals surface area contributed by atoms with Crippen molar-refractivity contribution in [1.29, 1.82) is 0 Å². The van der Waals surface area contributed by atoms with Gasteiger partial charge in [-0.3, -0.25) is 14.4 Å². The first-order chi connectivity index (χ1) is 16.4. The number of anilines is 1. The zero-order chi connectivity index (χ0) is 24.0. The maximum atomic E-state index is 14.2. The zero-order valence-electron chi connectivity index (χ0n) is 18.8. The third-order valence-corrected chi connectivity index (χ3v) is 6.78. The van der Waals surface area contributed by atoms with Gasteiger partial charge in [-0.05, 0) is 49.6 Å². The number of Topliss-reactive ketones (excluding diaryl/α,β-unsaturated/α-hetero) is 1. The Morgan fingerprint density at radius 3 is 2.56 bits per heavy atom. The predicted octanol–water partition coefficient (Wildman–Crippen LogP) is 3.34. The molecule has 0 aliphatic carbocycles. The van der Waals surface area contributed by atoms with Gasteiger partial charge >= 0.3 is 0 Å². The van der Waals surface area contributed by atoms with E-state index in [1.165, 1.54) is 17.0 Å². The highest BCUT2D eigenvalue weighted by Crippen LogP contribution is 2.53. The minimum Gasteiger partial charge on any atom is -0.507 e. The van der Waals surface area contributed by atoms with Crippen molar-refractivity contribution >= 4 is 29.0 Å². The molecular weight excluding hydrogens is 439 g/mol. The van der Waals surface area contributed by atoms with Crippen LogP contribution in [0.2, 0.25) is 0 Å². The number of para-hydroxylation sites is 1. The summed E-state index contributed by atoms with van der Waals surface area (Å²) in [4.78, 5) is 43.9. The fourth-order valence-corrected chi connectivity index (χ4v) is 5.31. The van der Waals surface area contributed by atoms with E-state index in [0.29, 0.717) is 37.2 Å². The number of carbonyl (C=O) groups is 3. The second-order valence-corrected chi connectivity index (χ2v) is 8.79. The van der Waals surface area contributed by atoms with E-state index < -0.39 is 34.7 Å². The normalized spacial score (nSPS) is 25.6. The Labute approximate surface area is 196 Å². The van der Waals surface area contributed by atoms with Crippen LogP contribution in [0.25, 0.3) is 5.76 Å². The van der Waals surface area contributed by atoms with Crippen LogP contribution in [0.5, 0.6) is 0 Å². The van der Waals surface area contributed by atoms with E-state index in [1.54, 1.807) is 29.2 Å². The van der Waals surface area contributed by atoms with Gasteiger partial charge in [0, 0.05) is 30.8 Å². The lowest BCUT2D eigenvalue weighted by Crippen LogP contribution is -2.53. The predicted molar refractivity (Wildman–Crippen MR) is 122 cm³/mol. The van der Waals surface area contributed by atoms with Gasteiger partial charge in [0.25, 0.3) is 17.6 Å². The van der Waals surface area contributed by atoms with Gasteiger partial charge in [-0.1, -0.05) is 25.1 Å². The minimum absolute atomic E-state index is 0.0464. The van der Waals surface area contributed by atoms with Crippen LogP contribution in [0.15, 0.2) is 54.1 Å². The van der Waals surface area contributed by atoms with Crippen molar-refractivity contribution < 1.29 is 28.6 Å². The number of benzene rings is 2. The van der Waals surface area contributed by atoms with Crippen molar-refractivity contribution in [2.24, 2.45) is 0 Å². The first kappa shape index (κ1) is 22.3. The van der Waals surface area contributed by atoms with Gasteiger partial charge in [-0.25, -0.2) is 4.39 Å². The fourth-order valence-electron chi connectivity index (χ4n) is 5.31. The molecule has 0 radical (unpaired) electrons. The summed E-state index contributed by atoms with van der Waals surface area (Å²) in [7, 11) is 0. The average Bonchev–Trinajstić information content (AvgIpc) is 3.49. The number of nitrogens with zero attached hydrogens (tertiary/aromatic N) is 2. The molecule has 5 rings (SSSR count). The summed E-state index contributed by atoms with van der Waals surface area (Å²) in [6.45, 7) is 2.91. The van der Waals surface area contributed by atoms with Crippen molar-refractivity contribution in [3.8, 4) is 0 Å². The van der Waals surface area contributed by atoms with E-state index in [2.05, 4.69) is 0 Å². The van der Waals surface area contributed by atoms with Crippen molar-refractivity contribution in [3.05, 3.63) is 71.0 Å². The summed E-state index contributed by atoms with van der Waals surface area (Å²) in [5, 5.41) is 11.3. The molecular formula is C26H25FN2O5. The topological polar surface area (TPSA) is 87.2 Å². The smallest absolute Gasteiger partial charge is 0.296 e. The molecule has 2 aromatic rings. The van der Waals surface area contributed by atoms with Gasteiger partial charge in [-0.2, -0.15) is 0 Å². The van der Waals surface area contributed by atoms with Crippen LogP contribution in [0.4, 0.5) is 10.1 Å². The van der Waals surface area contributed by atoms with Crippen LogP contribution in [0.3, 0.4) is 0 Å². The number of hydrogen-bond acceptors (Lipinski definition) is 5. The molecule has 1 N–H and O–H groups in total. The van der Waals surface area contributed by atoms with Crippen molar-refractivity contribution in [3.63, 3.8) is 0 Å². The number of halogens is 1. The summed E-state index contributed by atoms with van der Waals surface area (Å²) in [6, 6.07) is 12.0. The first-order valence-electron chi connectivity index (χ1n) is 11.5. The Bertz CT molecular complexity index is 1200. The van der Waals surface area contributed by atoms with Crippen LogP contribution in [-0.4, -0.2) is 53.4 Å². The standard InChI is InChI=1S/C26H25FN2O5/c1-2-13-28-20-8-4-3-7-19(20)26(25(28)33)21(22(30)16-9-11-17(27)12-10-16)23(31)24(32)29(26)15-18-6-5-14-34-18/h3-4,7-12,18,30H,2,5-6,13-15H2,1H3/t18-,26+/m1/s1. The quantitative estimate of drug-likeness (QED) is 0.417. The number of aliphatic hydroxyl groups is 1. The molecule has 0 aromatic heterocycles. The number of rotatable bonds is 5. The molecule has 2 saturated heterocycles. The number of fused-ring (bicyclic) bond motifs is 2. The molecule has 3 aliphatic heterocycles. The minimum atomic E-state index is -1.82. The van der Waals surface area contributed by atoms with Crippen LogP contribution in [-0.2, 0) is 24.7 Å². The Morgan fingerprint density at radius 1 is 1.15 bits per heavy atom. The highest BCUT2D eigenvalue weighted by atomic mass is 19.1. The van der Waals surface area contributed by atoms with Crippen molar-refractivity contribution in [1.82, 2.24) is 4.90 Å². The molecule has 8 heteroatoms. The summed E-state index contributed by atoms with van der Waals surface area (Å²) in [5.74, 6) is -3.28. The van der Waals surface area contributed by atoms with Gasteiger partial charge in [-0.15, -0.1) is 0 Å². The van der Waals surface area contributed by atoms with Crippen LogP contribution < -0.4 is 4.90 Å². The molecule has 0 saturated carbocycles. The monoisotopic (exact) mass is 464 g/mol. The molecule has 2 aromatic carbocycles. The number of likely N-dealkylation sites (tertiary alicyclic amines) is 1. The Hall–Kier alpha value is -3.52. The lowest BCUT2D eigenvalue weighted by molar-refractivity contribution is -0.145. The molecule has 7 nitrogen and oxygen atoms in total. The molecule has 3 heterocycles. The molecule has 34 heavy (non-hydrogen) atoms. The second-order valence-electron chi connectivity index (χ2n) is 8.79. The summed E-state index contributed by atoms with van der Waals surface area (Å²) >= 11 is 0. The van der Waals surface area contributed by atoms with E-state index >= 15 is 0 Å². The number of hydrogen-bond donors (Lipinski definition) is 1. The van der Waals surface area contributed by atoms with Gasteiger partial charge < -0.3 is 19.6 Å². The van der Waals surface area contributed by atoms with E-state index in [-0.39, 0.29) is 23.8 Å². The number of ether oxygens (including phenoxy) is 1. The second kappa shape index (κ2) is 8.36. The number of ketones is 1. The van der Waals surface area contributed by atoms with Gasteiger partial charge in [0.1, 0.15) is 11.6 Å². The molecule has 3 aliphatic rings. The summed E-state index contributed by atoms with van der Waals surface area (Å²) in [5.41, 5.74) is -0.897. The highest BCUT2D eigenvalue weighted by molar-refractivity contribution is 6.50. The molecule has 2 fully saturated rings. The lowest BCUT2D eigenvalue weighted by atomic mass is 9.81. The number of amides is 2. The number of aliphatic hydroxyl groups excluding tert-OH is 1. The zero-order valence-corrected chi connectivity index (χ0v) is 18.8. The Morgan fingerprint density at radius 2 is 1.88 bits per heavy atom. The molecule has 2 atom stereocenters. The first-order valence-corrected chi connectivity index (χ1v) is 11.5. The van der Waals surface area contributed by atoms with E-state index in [9.17, 15) is 23.9 Å². The van der Waals surface area contributed by atoms with Crippen molar-refractivity contribution in [2.45, 2.75) is 37.8 Å². The fraction of sp³-hybridized carbons (Fsp3) is 0.346. The average molecular weight is 464 g/mol. The largest absolute Gasteiger partial charge is 0.507 e. The molecule has 1 spiro atoms. The Kier molecular flexibility index (Phi) is 5.48. The highest BCUT2D eigenvalue weighted by Gasteiger charge is 2.67. The number of carbonyl (C=O) groups excluding carboxylic acids is 3. The third-order valence-electron chi connectivity index (χ3n) is 6.78. The van der Waals surface area contributed by atoms with Crippen LogP contribution >= 0.6 is 0 Å². The molecule has 0 unspecified atom stereocenters. The van der Waals surface area contributed by atoms with E-state index in [1.807, 2.05) is 6.92 Å². The van der Waals surface area contributed by atoms with Crippen LogP contribution in [0.1, 0.15) is 37.3 Å². The van der Waals surface area contributed by atoms with Gasteiger partial charge in [0.15, 0.2) is 5.54 Å². The summed E-state index contributed by atoms with van der Waals surface area (Å²) in [6.07, 6.45) is 1.86. The molecule has 2 amide bonds. The summed E-state index contributed by atoms with van der Waals surface area (Å²) < 4.78 is 19.3. The SMILES string of the molecule is CCCN1C(=O)[C@@]2(C(=C(O)c3ccc(F)cc3)C(=O)C(=O)N2C[C@H]2CCCO2)c2ccccc21.